The van der Waals surface area contributed by atoms with Crippen molar-refractivity contribution in [2.24, 2.45) is 0 Å². The zero-order valence-corrected chi connectivity index (χ0v) is 22.7. The molecule has 0 N–H and O–H groups in total. The summed E-state index contributed by atoms with van der Waals surface area (Å²) in [5.74, 6) is 0. The SMILES string of the molecule is CC1=C(C)[CH]([Ga]([CH]2C(C)=C(C)C(C)=C2C)[CH]2C(C)=C(C)C(C)=C2C)C(C)=C1C. The summed E-state index contributed by atoms with van der Waals surface area (Å²) < 4.78 is 2.19. The number of hydrogen-bond acceptors (Lipinski definition) is 0. The van der Waals surface area contributed by atoms with E-state index in [9.17, 15) is 0 Å². The molecule has 3 aliphatic rings. The van der Waals surface area contributed by atoms with Crippen LogP contribution in [-0.2, 0) is 0 Å². The van der Waals surface area contributed by atoms with E-state index in [0.29, 0.717) is 0 Å². The van der Waals surface area contributed by atoms with Gasteiger partial charge >= 0.3 is 180 Å². The van der Waals surface area contributed by atoms with Gasteiger partial charge in [0, 0.05) is 0 Å². The normalized spacial score (nSPS) is 23.1. The molecule has 0 saturated heterocycles. The van der Waals surface area contributed by atoms with Crippen molar-refractivity contribution in [1.82, 2.24) is 0 Å². The third-order valence-corrected chi connectivity index (χ3v) is 20.3. The molecule has 150 valence electrons. The number of rotatable bonds is 3. The molecule has 0 heterocycles. The molecule has 1 heteroatoms. The second kappa shape index (κ2) is 7.40. The molecular formula is C27H39Ga. The number of hydrogen-bond donors (Lipinski definition) is 0. The van der Waals surface area contributed by atoms with Crippen molar-refractivity contribution in [3.8, 4) is 0 Å². The zero-order valence-electron chi connectivity index (χ0n) is 20.3. The standard InChI is InChI=1S/3C9H13.Ga/c3*1-6-5-7(2)9(4)8(6)3;/h3*5H,1-4H3;. The summed E-state index contributed by atoms with van der Waals surface area (Å²) in [5.41, 5.74) is 19.5. The van der Waals surface area contributed by atoms with Crippen LogP contribution in [0.1, 0.15) is 83.1 Å². The molecule has 0 fully saturated rings. The first-order chi connectivity index (χ1) is 12.9. The summed E-state index contributed by atoms with van der Waals surface area (Å²) in [4.78, 5) is 0. The Morgan fingerprint density at radius 1 is 0.321 bits per heavy atom. The second-order valence-corrected chi connectivity index (χ2v) is 16.5. The molecule has 0 atom stereocenters. The van der Waals surface area contributed by atoms with Gasteiger partial charge in [-0.2, -0.15) is 0 Å². The Morgan fingerprint density at radius 3 is 0.607 bits per heavy atom. The molecular weight excluding hydrogens is 394 g/mol. The summed E-state index contributed by atoms with van der Waals surface area (Å²) in [5, 5.41) is 0. The maximum atomic E-state index is 2.44. The Hall–Kier alpha value is -0.924. The zero-order chi connectivity index (χ0) is 21.2. The van der Waals surface area contributed by atoms with Crippen molar-refractivity contribution < 1.29 is 0 Å². The van der Waals surface area contributed by atoms with Crippen LogP contribution in [0.3, 0.4) is 0 Å². The first-order valence-electron chi connectivity index (χ1n) is 11.0. The first kappa shape index (κ1) is 21.8. The minimum atomic E-state index is -1.98. The van der Waals surface area contributed by atoms with Gasteiger partial charge in [-0.15, -0.1) is 0 Å². The molecule has 3 rings (SSSR count). The fourth-order valence-electron chi connectivity index (χ4n) is 6.46. The van der Waals surface area contributed by atoms with E-state index in [1.54, 1.807) is 66.9 Å². The fraction of sp³-hybridized carbons (Fsp3) is 0.556. The van der Waals surface area contributed by atoms with Crippen LogP contribution < -0.4 is 0 Å². The van der Waals surface area contributed by atoms with Crippen LogP contribution >= 0.6 is 0 Å². The van der Waals surface area contributed by atoms with Crippen molar-refractivity contribution in [2.75, 3.05) is 0 Å². The summed E-state index contributed by atoms with van der Waals surface area (Å²) in [6, 6.07) is 0. The van der Waals surface area contributed by atoms with Crippen LogP contribution in [0.25, 0.3) is 0 Å². The van der Waals surface area contributed by atoms with Crippen LogP contribution in [0.5, 0.6) is 0 Å². The van der Waals surface area contributed by atoms with Gasteiger partial charge in [-0.05, 0) is 0 Å². The summed E-state index contributed by atoms with van der Waals surface area (Å²) >= 11 is -1.98. The van der Waals surface area contributed by atoms with Gasteiger partial charge in [0.1, 0.15) is 0 Å². The predicted octanol–water partition coefficient (Wildman–Crippen LogP) is 8.65. The minimum absolute atomic E-state index is 0.731. The van der Waals surface area contributed by atoms with Crippen LogP contribution in [0.15, 0.2) is 66.9 Å². The molecule has 0 aromatic heterocycles. The summed E-state index contributed by atoms with van der Waals surface area (Å²) in [7, 11) is 0. The molecule has 3 aliphatic carbocycles. The van der Waals surface area contributed by atoms with E-state index in [2.05, 4.69) is 83.1 Å². The van der Waals surface area contributed by atoms with Crippen molar-refractivity contribution in [2.45, 2.75) is 96.5 Å². The third kappa shape index (κ3) is 2.88. The van der Waals surface area contributed by atoms with Gasteiger partial charge < -0.3 is 0 Å². The Bertz CT molecular complexity index is 743. The third-order valence-electron chi connectivity index (χ3n) is 9.19. The van der Waals surface area contributed by atoms with E-state index in [4.69, 9.17) is 0 Å². The maximum absolute atomic E-state index is 2.44. The van der Waals surface area contributed by atoms with Gasteiger partial charge in [-0.3, -0.25) is 0 Å². The topological polar surface area (TPSA) is 0 Å². The Labute approximate surface area is 179 Å². The van der Waals surface area contributed by atoms with Gasteiger partial charge in [0.15, 0.2) is 0 Å². The molecule has 0 spiro atoms. The Balaban J connectivity index is 2.27. The molecule has 0 bridgehead atoms. The van der Waals surface area contributed by atoms with E-state index in [0.717, 1.165) is 13.4 Å². The van der Waals surface area contributed by atoms with Crippen molar-refractivity contribution >= 4 is 16.2 Å². The molecule has 0 amide bonds. The van der Waals surface area contributed by atoms with Crippen LogP contribution in [0.4, 0.5) is 0 Å². The van der Waals surface area contributed by atoms with E-state index >= 15 is 0 Å². The molecule has 28 heavy (non-hydrogen) atoms. The molecule has 0 aromatic carbocycles. The monoisotopic (exact) mass is 432 g/mol. The van der Waals surface area contributed by atoms with Gasteiger partial charge in [-0.25, -0.2) is 0 Å². The van der Waals surface area contributed by atoms with E-state index in [-0.39, 0.29) is 0 Å². The summed E-state index contributed by atoms with van der Waals surface area (Å²) in [6.45, 7) is 28.8. The molecule has 0 unspecified atom stereocenters. The predicted molar refractivity (Wildman–Crippen MR) is 127 cm³/mol. The summed E-state index contributed by atoms with van der Waals surface area (Å²) in [6.07, 6.45) is 0. The first-order valence-corrected chi connectivity index (χ1v) is 15.2. The molecule has 0 aliphatic heterocycles. The molecule has 0 aromatic rings. The molecule has 0 radical (unpaired) electrons. The van der Waals surface area contributed by atoms with E-state index < -0.39 is 16.2 Å². The van der Waals surface area contributed by atoms with Gasteiger partial charge in [-0.1, -0.05) is 0 Å². The van der Waals surface area contributed by atoms with Crippen LogP contribution in [0, 0.1) is 0 Å². The average Bonchev–Trinajstić information content (AvgIpc) is 3.06. The van der Waals surface area contributed by atoms with Gasteiger partial charge in [0.25, 0.3) is 0 Å². The van der Waals surface area contributed by atoms with Crippen molar-refractivity contribution in [3.05, 3.63) is 66.9 Å². The second-order valence-electron chi connectivity index (χ2n) is 9.86. The Kier molecular flexibility index (Phi) is 5.75. The van der Waals surface area contributed by atoms with Gasteiger partial charge in [0.05, 0.1) is 0 Å². The number of allylic oxidation sites excluding steroid dienone is 12. The average molecular weight is 433 g/mol. The van der Waals surface area contributed by atoms with Crippen LogP contribution in [-0.4, -0.2) is 16.2 Å². The van der Waals surface area contributed by atoms with Crippen molar-refractivity contribution in [3.63, 3.8) is 0 Å². The van der Waals surface area contributed by atoms with Crippen LogP contribution in [0.2, 0.25) is 13.4 Å². The van der Waals surface area contributed by atoms with Gasteiger partial charge in [0.2, 0.25) is 0 Å². The fourth-order valence-corrected chi connectivity index (χ4v) is 19.3. The van der Waals surface area contributed by atoms with E-state index in [1.165, 1.54) is 0 Å². The molecule has 0 saturated carbocycles. The molecule has 0 nitrogen and oxygen atoms in total. The Morgan fingerprint density at radius 2 is 0.464 bits per heavy atom. The quantitative estimate of drug-likeness (QED) is 0.391. The van der Waals surface area contributed by atoms with E-state index in [1.807, 2.05) is 0 Å². The van der Waals surface area contributed by atoms with Crippen molar-refractivity contribution in [1.29, 1.82) is 0 Å².